The number of carbonyl (C=O) groups excluding carboxylic acids is 1. The maximum atomic E-state index is 11.4. The van der Waals surface area contributed by atoms with Crippen LogP contribution < -0.4 is 11.3 Å². The van der Waals surface area contributed by atoms with Gasteiger partial charge in [0.25, 0.3) is 0 Å². The molecular formula is C12H25N3O2. The van der Waals surface area contributed by atoms with Crippen LogP contribution in [0.5, 0.6) is 0 Å². The van der Waals surface area contributed by atoms with Crippen LogP contribution >= 0.6 is 0 Å². The number of nitrogens with one attached hydrogen (secondary N) is 1. The van der Waals surface area contributed by atoms with E-state index in [2.05, 4.69) is 17.2 Å². The number of hydrogen-bond donors (Lipinski definition) is 2. The Kier molecular flexibility index (Phi) is 5.88. The second kappa shape index (κ2) is 6.93. The van der Waals surface area contributed by atoms with Crippen LogP contribution in [0.3, 0.4) is 0 Å². The van der Waals surface area contributed by atoms with Crippen LogP contribution in [0.2, 0.25) is 0 Å². The smallest absolute Gasteiger partial charge is 0.237 e. The Hall–Kier alpha value is -0.650. The molecule has 1 fully saturated rings. The molecule has 0 aromatic rings. The van der Waals surface area contributed by atoms with Gasteiger partial charge in [0.05, 0.1) is 6.61 Å². The molecule has 100 valence electrons. The first-order chi connectivity index (χ1) is 8.10. The minimum Gasteiger partial charge on any atom is -0.383 e. The number of ether oxygens (including phenoxy) is 1. The van der Waals surface area contributed by atoms with Crippen molar-refractivity contribution in [3.63, 3.8) is 0 Å². The van der Waals surface area contributed by atoms with E-state index in [1.807, 2.05) is 6.92 Å². The molecule has 5 heteroatoms. The van der Waals surface area contributed by atoms with Crippen LogP contribution in [0.15, 0.2) is 0 Å². The molecule has 3 N–H and O–H groups in total. The monoisotopic (exact) mass is 243 g/mol. The average Bonchev–Trinajstić information content (AvgIpc) is 3.16. The van der Waals surface area contributed by atoms with E-state index in [-0.39, 0.29) is 11.8 Å². The van der Waals surface area contributed by atoms with Crippen LogP contribution in [0.1, 0.15) is 26.7 Å². The zero-order valence-electron chi connectivity index (χ0n) is 11.1. The fourth-order valence-corrected chi connectivity index (χ4v) is 2.12. The first kappa shape index (κ1) is 14.4. The van der Waals surface area contributed by atoms with E-state index >= 15 is 0 Å². The van der Waals surface area contributed by atoms with E-state index < -0.39 is 0 Å². The standard InChI is InChI=1S/C12H25N3O2/c1-9(12(16)14-13)8-15(6-7-17-3)10(2)11-4-5-11/h9-11H,4-8,13H2,1-3H3,(H,14,16). The van der Waals surface area contributed by atoms with Gasteiger partial charge in [0.1, 0.15) is 0 Å². The van der Waals surface area contributed by atoms with Gasteiger partial charge in [-0.25, -0.2) is 5.84 Å². The third kappa shape index (κ3) is 4.61. The van der Waals surface area contributed by atoms with E-state index in [1.54, 1.807) is 7.11 Å². The third-order valence-electron chi connectivity index (χ3n) is 3.56. The molecule has 1 saturated carbocycles. The fourth-order valence-electron chi connectivity index (χ4n) is 2.12. The lowest BCUT2D eigenvalue weighted by Crippen LogP contribution is -2.45. The first-order valence-electron chi connectivity index (χ1n) is 6.33. The predicted molar refractivity (Wildman–Crippen MR) is 67.1 cm³/mol. The van der Waals surface area contributed by atoms with Crippen molar-refractivity contribution in [3.8, 4) is 0 Å². The van der Waals surface area contributed by atoms with Crippen molar-refractivity contribution in [3.05, 3.63) is 0 Å². The summed E-state index contributed by atoms with van der Waals surface area (Å²) < 4.78 is 5.12. The van der Waals surface area contributed by atoms with E-state index in [0.717, 1.165) is 19.0 Å². The second-order valence-corrected chi connectivity index (χ2v) is 4.98. The quantitative estimate of drug-likeness (QED) is 0.367. The van der Waals surface area contributed by atoms with Crippen LogP contribution in [0.25, 0.3) is 0 Å². The zero-order valence-corrected chi connectivity index (χ0v) is 11.1. The van der Waals surface area contributed by atoms with Gasteiger partial charge in [0, 0.05) is 32.2 Å². The van der Waals surface area contributed by atoms with Gasteiger partial charge in [-0.05, 0) is 25.7 Å². The molecule has 0 aromatic carbocycles. The van der Waals surface area contributed by atoms with Crippen LogP contribution in [-0.4, -0.2) is 43.7 Å². The summed E-state index contributed by atoms with van der Waals surface area (Å²) in [4.78, 5) is 13.8. The molecule has 5 nitrogen and oxygen atoms in total. The summed E-state index contributed by atoms with van der Waals surface area (Å²) >= 11 is 0. The van der Waals surface area contributed by atoms with Gasteiger partial charge < -0.3 is 4.74 Å². The summed E-state index contributed by atoms with van der Waals surface area (Å²) in [7, 11) is 1.70. The maximum absolute atomic E-state index is 11.4. The maximum Gasteiger partial charge on any atom is 0.237 e. The Bertz CT molecular complexity index is 244. The molecule has 17 heavy (non-hydrogen) atoms. The highest BCUT2D eigenvalue weighted by atomic mass is 16.5. The van der Waals surface area contributed by atoms with Crippen molar-refractivity contribution in [1.29, 1.82) is 0 Å². The topological polar surface area (TPSA) is 67.6 Å². The average molecular weight is 243 g/mol. The van der Waals surface area contributed by atoms with Crippen LogP contribution in [0, 0.1) is 11.8 Å². The van der Waals surface area contributed by atoms with Gasteiger partial charge in [-0.3, -0.25) is 15.1 Å². The zero-order chi connectivity index (χ0) is 12.8. The first-order valence-corrected chi connectivity index (χ1v) is 6.33. The van der Waals surface area contributed by atoms with Crippen molar-refractivity contribution >= 4 is 5.91 Å². The number of hydrogen-bond acceptors (Lipinski definition) is 4. The Morgan fingerprint density at radius 1 is 1.53 bits per heavy atom. The third-order valence-corrected chi connectivity index (χ3v) is 3.56. The molecule has 0 aliphatic heterocycles. The van der Waals surface area contributed by atoms with Crippen molar-refractivity contribution in [2.75, 3.05) is 26.8 Å². The fraction of sp³-hybridized carbons (Fsp3) is 0.917. The summed E-state index contributed by atoms with van der Waals surface area (Å²) in [6, 6.07) is 0.526. The SMILES string of the molecule is COCCN(CC(C)C(=O)NN)C(C)C1CC1. The van der Waals surface area contributed by atoms with Gasteiger partial charge in [0.2, 0.25) is 5.91 Å². The molecule has 0 radical (unpaired) electrons. The summed E-state index contributed by atoms with van der Waals surface area (Å²) in [5.74, 6) is 5.76. The van der Waals surface area contributed by atoms with E-state index in [9.17, 15) is 4.79 Å². The molecule has 0 heterocycles. The number of methoxy groups -OCH3 is 1. The van der Waals surface area contributed by atoms with Crippen molar-refractivity contribution in [2.45, 2.75) is 32.7 Å². The van der Waals surface area contributed by atoms with Crippen LogP contribution in [-0.2, 0) is 9.53 Å². The predicted octanol–water partition coefficient (Wildman–Crippen LogP) is 0.359. The van der Waals surface area contributed by atoms with Gasteiger partial charge in [0.15, 0.2) is 0 Å². The Balaban J connectivity index is 2.46. The number of nitrogens with two attached hydrogens (primary N) is 1. The number of rotatable bonds is 8. The molecule has 0 bridgehead atoms. The molecule has 1 rings (SSSR count). The molecule has 0 spiro atoms. The van der Waals surface area contributed by atoms with Gasteiger partial charge in [-0.1, -0.05) is 6.92 Å². The number of hydrazine groups is 1. The lowest BCUT2D eigenvalue weighted by atomic mass is 10.1. The van der Waals surface area contributed by atoms with Crippen molar-refractivity contribution in [1.82, 2.24) is 10.3 Å². The molecule has 1 aliphatic rings. The summed E-state index contributed by atoms with van der Waals surface area (Å²) in [6.07, 6.45) is 2.62. The van der Waals surface area contributed by atoms with Gasteiger partial charge in [-0.2, -0.15) is 0 Å². The molecule has 0 saturated heterocycles. The molecular weight excluding hydrogens is 218 g/mol. The van der Waals surface area contributed by atoms with Crippen LogP contribution in [0.4, 0.5) is 0 Å². The minimum absolute atomic E-state index is 0.0851. The molecule has 2 unspecified atom stereocenters. The van der Waals surface area contributed by atoms with E-state index in [0.29, 0.717) is 12.6 Å². The van der Waals surface area contributed by atoms with Crippen molar-refractivity contribution in [2.24, 2.45) is 17.7 Å². The number of amides is 1. The van der Waals surface area contributed by atoms with E-state index in [1.165, 1.54) is 12.8 Å². The molecule has 1 amide bonds. The second-order valence-electron chi connectivity index (χ2n) is 4.98. The minimum atomic E-state index is -0.101. The molecule has 1 aliphatic carbocycles. The number of nitrogens with zero attached hydrogens (tertiary/aromatic N) is 1. The summed E-state index contributed by atoms with van der Waals surface area (Å²) in [5.41, 5.74) is 2.21. The highest BCUT2D eigenvalue weighted by Gasteiger charge is 2.32. The Morgan fingerprint density at radius 2 is 2.18 bits per heavy atom. The lowest BCUT2D eigenvalue weighted by molar-refractivity contribution is -0.125. The van der Waals surface area contributed by atoms with Gasteiger partial charge in [-0.15, -0.1) is 0 Å². The summed E-state index contributed by atoms with van der Waals surface area (Å²) in [6.45, 7) is 6.45. The molecule has 2 atom stereocenters. The van der Waals surface area contributed by atoms with E-state index in [4.69, 9.17) is 10.6 Å². The summed E-state index contributed by atoms with van der Waals surface area (Å²) in [5, 5.41) is 0. The lowest BCUT2D eigenvalue weighted by Gasteiger charge is -2.30. The Morgan fingerprint density at radius 3 is 2.65 bits per heavy atom. The highest BCUT2D eigenvalue weighted by Crippen LogP contribution is 2.35. The largest absolute Gasteiger partial charge is 0.383 e. The Labute approximate surface area is 104 Å². The number of carbonyl (C=O) groups is 1. The highest BCUT2D eigenvalue weighted by molar-refractivity contribution is 5.77. The van der Waals surface area contributed by atoms with Gasteiger partial charge >= 0.3 is 0 Å². The van der Waals surface area contributed by atoms with Crippen molar-refractivity contribution < 1.29 is 9.53 Å². The molecule has 0 aromatic heterocycles. The normalized spacial score (nSPS) is 19.1.